The molecule has 60 valence electrons. The van der Waals surface area contributed by atoms with Crippen molar-refractivity contribution in [1.82, 2.24) is 0 Å². The number of thiol groups is 1. The highest BCUT2D eigenvalue weighted by atomic mass is 32.1. The fraction of sp³-hybridized carbons (Fsp3) is 0.333. The minimum atomic E-state index is 0.869. The Hall–Kier alpha value is -0.630. The quantitative estimate of drug-likeness (QED) is 0.658. The second-order valence-corrected chi connectivity index (χ2v) is 2.91. The maximum atomic E-state index is 4.12. The monoisotopic (exact) mass is 167 g/mol. The summed E-state index contributed by atoms with van der Waals surface area (Å²) in [7, 11) is 0. The van der Waals surface area contributed by atoms with Gasteiger partial charge in [0.25, 0.3) is 0 Å². The van der Waals surface area contributed by atoms with Gasteiger partial charge in [0, 0.05) is 18.0 Å². The van der Waals surface area contributed by atoms with Crippen molar-refractivity contribution < 1.29 is 0 Å². The highest BCUT2D eigenvalue weighted by Gasteiger charge is 1.92. The molecule has 0 spiro atoms. The summed E-state index contributed by atoms with van der Waals surface area (Å²) in [5, 5.41) is 3.29. The zero-order valence-corrected chi connectivity index (χ0v) is 7.57. The number of hydrogen-bond donors (Lipinski definition) is 2. The number of hydrogen-bond acceptors (Lipinski definition) is 2. The molecule has 2 heteroatoms. The summed E-state index contributed by atoms with van der Waals surface area (Å²) in [6, 6.07) is 8.26. The van der Waals surface area contributed by atoms with E-state index >= 15 is 0 Å². The Bertz CT molecular complexity index is 223. The third kappa shape index (κ3) is 2.46. The van der Waals surface area contributed by atoms with Gasteiger partial charge in [-0.2, -0.15) is 12.6 Å². The zero-order valence-electron chi connectivity index (χ0n) is 6.67. The van der Waals surface area contributed by atoms with Crippen LogP contribution >= 0.6 is 12.6 Å². The number of rotatable bonds is 3. The van der Waals surface area contributed by atoms with Crippen LogP contribution in [0.2, 0.25) is 0 Å². The van der Waals surface area contributed by atoms with Gasteiger partial charge < -0.3 is 5.32 Å². The second kappa shape index (κ2) is 4.29. The van der Waals surface area contributed by atoms with Crippen LogP contribution in [0.3, 0.4) is 0 Å². The molecule has 0 aromatic heterocycles. The third-order valence-corrected chi connectivity index (χ3v) is 1.80. The van der Waals surface area contributed by atoms with Crippen molar-refractivity contribution in [2.75, 3.05) is 17.6 Å². The van der Waals surface area contributed by atoms with Crippen LogP contribution in [-0.2, 0) is 0 Å². The van der Waals surface area contributed by atoms with Crippen LogP contribution in [0, 0.1) is 6.92 Å². The van der Waals surface area contributed by atoms with Crippen molar-refractivity contribution in [3.8, 4) is 0 Å². The minimum absolute atomic E-state index is 0.869. The predicted octanol–water partition coefficient (Wildman–Crippen LogP) is 2.34. The van der Waals surface area contributed by atoms with E-state index in [9.17, 15) is 0 Å². The largest absolute Gasteiger partial charge is 0.384 e. The van der Waals surface area contributed by atoms with Gasteiger partial charge in [0.1, 0.15) is 0 Å². The van der Waals surface area contributed by atoms with E-state index in [1.807, 2.05) is 12.1 Å². The van der Waals surface area contributed by atoms with Gasteiger partial charge in [-0.25, -0.2) is 0 Å². The second-order valence-electron chi connectivity index (χ2n) is 2.47. The average molecular weight is 167 g/mol. The molecular formula is C9H13NS. The van der Waals surface area contributed by atoms with Crippen molar-refractivity contribution in [3.05, 3.63) is 29.8 Å². The molecule has 1 N–H and O–H groups in total. The molecule has 1 aromatic carbocycles. The molecule has 1 rings (SSSR count). The van der Waals surface area contributed by atoms with Gasteiger partial charge in [0.15, 0.2) is 0 Å². The topological polar surface area (TPSA) is 12.0 Å². The van der Waals surface area contributed by atoms with Crippen LogP contribution in [-0.4, -0.2) is 12.3 Å². The van der Waals surface area contributed by atoms with Crippen LogP contribution in [0.1, 0.15) is 5.56 Å². The first kappa shape index (κ1) is 8.47. The fourth-order valence-electron chi connectivity index (χ4n) is 0.962. The lowest BCUT2D eigenvalue weighted by Crippen LogP contribution is -2.03. The molecular weight excluding hydrogens is 154 g/mol. The highest BCUT2D eigenvalue weighted by Crippen LogP contribution is 2.12. The molecule has 11 heavy (non-hydrogen) atoms. The van der Waals surface area contributed by atoms with Gasteiger partial charge in [-0.3, -0.25) is 0 Å². The van der Waals surface area contributed by atoms with Crippen LogP contribution in [0.15, 0.2) is 24.3 Å². The molecule has 0 aliphatic rings. The molecule has 1 nitrogen and oxygen atoms in total. The smallest absolute Gasteiger partial charge is 0.0370 e. The van der Waals surface area contributed by atoms with Gasteiger partial charge in [0.05, 0.1) is 0 Å². The third-order valence-electron chi connectivity index (χ3n) is 1.57. The molecule has 0 fully saturated rings. The summed E-state index contributed by atoms with van der Waals surface area (Å²) in [5.41, 5.74) is 2.50. The SMILES string of the molecule is Cc1ccccc1NCCS. The van der Waals surface area contributed by atoms with Crippen molar-refractivity contribution >= 4 is 18.3 Å². The Balaban J connectivity index is 2.62. The summed E-state index contributed by atoms with van der Waals surface area (Å²) in [5.74, 6) is 0.869. The Kier molecular flexibility index (Phi) is 3.30. The standard InChI is InChI=1S/C9H13NS/c1-8-4-2-3-5-9(8)10-6-7-11/h2-5,10-11H,6-7H2,1H3. The Morgan fingerprint density at radius 3 is 2.73 bits per heavy atom. The van der Waals surface area contributed by atoms with Crippen molar-refractivity contribution in [2.24, 2.45) is 0 Å². The van der Waals surface area contributed by atoms with Gasteiger partial charge in [-0.05, 0) is 18.6 Å². The summed E-state index contributed by atoms with van der Waals surface area (Å²) in [6.07, 6.45) is 0. The minimum Gasteiger partial charge on any atom is -0.384 e. The molecule has 0 atom stereocenters. The number of nitrogens with one attached hydrogen (secondary N) is 1. The molecule has 0 saturated heterocycles. The molecule has 0 bridgehead atoms. The van der Waals surface area contributed by atoms with Gasteiger partial charge >= 0.3 is 0 Å². The van der Waals surface area contributed by atoms with Crippen molar-refractivity contribution in [2.45, 2.75) is 6.92 Å². The molecule has 0 radical (unpaired) electrons. The van der Waals surface area contributed by atoms with Crippen molar-refractivity contribution in [3.63, 3.8) is 0 Å². The number of para-hydroxylation sites is 1. The number of anilines is 1. The molecule has 0 heterocycles. The first-order valence-corrected chi connectivity index (χ1v) is 4.38. The van der Waals surface area contributed by atoms with E-state index in [1.54, 1.807) is 0 Å². The van der Waals surface area contributed by atoms with Crippen LogP contribution in [0.25, 0.3) is 0 Å². The van der Waals surface area contributed by atoms with Crippen LogP contribution in [0.5, 0.6) is 0 Å². The molecule has 0 amide bonds. The van der Waals surface area contributed by atoms with Gasteiger partial charge in [-0.15, -0.1) is 0 Å². The summed E-state index contributed by atoms with van der Waals surface area (Å²) >= 11 is 4.12. The van der Waals surface area contributed by atoms with E-state index in [1.165, 1.54) is 11.3 Å². The van der Waals surface area contributed by atoms with Crippen LogP contribution < -0.4 is 5.32 Å². The summed E-state index contributed by atoms with van der Waals surface area (Å²) in [6.45, 7) is 3.02. The average Bonchev–Trinajstić information content (AvgIpc) is 2.03. The van der Waals surface area contributed by atoms with E-state index in [0.717, 1.165) is 12.3 Å². The predicted molar refractivity (Wildman–Crippen MR) is 53.5 cm³/mol. The van der Waals surface area contributed by atoms with E-state index in [-0.39, 0.29) is 0 Å². The number of benzene rings is 1. The fourth-order valence-corrected chi connectivity index (χ4v) is 1.07. The van der Waals surface area contributed by atoms with E-state index in [2.05, 4.69) is 37.0 Å². The number of aryl methyl sites for hydroxylation is 1. The lowest BCUT2D eigenvalue weighted by molar-refractivity contribution is 1.22. The first-order valence-electron chi connectivity index (χ1n) is 3.75. The molecule has 1 aromatic rings. The summed E-state index contributed by atoms with van der Waals surface area (Å²) in [4.78, 5) is 0. The Morgan fingerprint density at radius 1 is 1.36 bits per heavy atom. The summed E-state index contributed by atoms with van der Waals surface area (Å²) < 4.78 is 0. The maximum Gasteiger partial charge on any atom is 0.0370 e. The first-order chi connectivity index (χ1) is 5.34. The van der Waals surface area contributed by atoms with E-state index < -0.39 is 0 Å². The van der Waals surface area contributed by atoms with Crippen molar-refractivity contribution in [1.29, 1.82) is 0 Å². The molecule has 0 unspecified atom stereocenters. The van der Waals surface area contributed by atoms with Gasteiger partial charge in [0.2, 0.25) is 0 Å². The van der Waals surface area contributed by atoms with E-state index in [4.69, 9.17) is 0 Å². The molecule has 0 aliphatic heterocycles. The van der Waals surface area contributed by atoms with Crippen LogP contribution in [0.4, 0.5) is 5.69 Å². The molecule has 0 aliphatic carbocycles. The van der Waals surface area contributed by atoms with E-state index in [0.29, 0.717) is 0 Å². The molecule has 0 saturated carbocycles. The lowest BCUT2D eigenvalue weighted by Gasteiger charge is -2.06. The highest BCUT2D eigenvalue weighted by molar-refractivity contribution is 7.80. The van der Waals surface area contributed by atoms with Gasteiger partial charge in [-0.1, -0.05) is 18.2 Å². The Labute approximate surface area is 73.2 Å². The normalized spacial score (nSPS) is 9.64. The maximum absolute atomic E-state index is 4.12. The Morgan fingerprint density at radius 2 is 2.09 bits per heavy atom. The zero-order chi connectivity index (χ0) is 8.10. The lowest BCUT2D eigenvalue weighted by atomic mass is 10.2.